The van der Waals surface area contributed by atoms with Crippen LogP contribution in [0.1, 0.15) is 10.5 Å². The Bertz CT molecular complexity index is 1100. The minimum atomic E-state index is -0.237. The lowest BCUT2D eigenvalue weighted by Crippen LogP contribution is -2.14. The van der Waals surface area contributed by atoms with Crippen LogP contribution in [-0.4, -0.2) is 10.9 Å². The monoisotopic (exact) mass is 402 g/mol. The summed E-state index contributed by atoms with van der Waals surface area (Å²) in [5, 5.41) is 5.31. The number of nitrogens with zero attached hydrogens (tertiary/aromatic N) is 1. The van der Waals surface area contributed by atoms with E-state index in [9.17, 15) is 4.79 Å². The highest BCUT2D eigenvalue weighted by molar-refractivity contribution is 9.10. The molecule has 0 bridgehead atoms. The van der Waals surface area contributed by atoms with E-state index in [4.69, 9.17) is 0 Å². The Morgan fingerprint density at radius 2 is 1.58 bits per heavy atom. The van der Waals surface area contributed by atoms with Gasteiger partial charge in [-0.3, -0.25) is 9.78 Å². The molecule has 1 N–H and O–H groups in total. The molecule has 0 fully saturated rings. The van der Waals surface area contributed by atoms with Gasteiger partial charge >= 0.3 is 0 Å². The highest BCUT2D eigenvalue weighted by Crippen LogP contribution is 2.33. The molecule has 0 radical (unpaired) electrons. The van der Waals surface area contributed by atoms with E-state index in [0.717, 1.165) is 26.7 Å². The maximum Gasteiger partial charge on any atom is 0.274 e. The molecule has 0 spiro atoms. The molecular formula is C22H15BrN2O. The number of para-hydroxylation sites is 1. The Labute approximate surface area is 159 Å². The summed E-state index contributed by atoms with van der Waals surface area (Å²) in [6, 6.07) is 25.8. The molecule has 0 aliphatic rings. The number of hydrogen-bond acceptors (Lipinski definition) is 2. The normalized spacial score (nSPS) is 10.7. The van der Waals surface area contributed by atoms with Gasteiger partial charge in [0.15, 0.2) is 0 Å². The van der Waals surface area contributed by atoms with Crippen molar-refractivity contribution in [3.8, 4) is 11.1 Å². The van der Waals surface area contributed by atoms with Crippen molar-refractivity contribution in [3.05, 3.63) is 95.2 Å². The number of fused-ring (bicyclic) bond motifs is 1. The van der Waals surface area contributed by atoms with E-state index in [1.165, 1.54) is 5.39 Å². The Hall–Kier alpha value is -2.98. The van der Waals surface area contributed by atoms with Crippen molar-refractivity contribution < 1.29 is 4.79 Å². The Balaban J connectivity index is 1.77. The molecule has 0 atom stereocenters. The standard InChI is InChI=1S/C22H15BrN2O/c23-16-12-13-24-21(14-16)22(26)25-20-11-4-3-9-19(20)18-10-5-7-15-6-1-2-8-17(15)18/h1-14H,(H,25,26). The summed E-state index contributed by atoms with van der Waals surface area (Å²) < 4.78 is 0.819. The molecule has 3 aromatic carbocycles. The molecule has 4 heteroatoms. The number of carbonyl (C=O) groups excluding carboxylic acids is 1. The number of nitrogens with one attached hydrogen (secondary N) is 1. The van der Waals surface area contributed by atoms with Crippen molar-refractivity contribution in [2.75, 3.05) is 5.32 Å². The van der Waals surface area contributed by atoms with Gasteiger partial charge in [0.1, 0.15) is 5.69 Å². The van der Waals surface area contributed by atoms with E-state index in [1.807, 2.05) is 42.5 Å². The van der Waals surface area contributed by atoms with Crippen molar-refractivity contribution in [2.45, 2.75) is 0 Å². The van der Waals surface area contributed by atoms with Gasteiger partial charge in [-0.25, -0.2) is 0 Å². The lowest BCUT2D eigenvalue weighted by atomic mass is 9.97. The molecule has 4 aromatic rings. The average Bonchev–Trinajstić information content (AvgIpc) is 2.68. The smallest absolute Gasteiger partial charge is 0.274 e. The number of benzene rings is 3. The van der Waals surface area contributed by atoms with Gasteiger partial charge in [0.25, 0.3) is 5.91 Å². The third-order valence-electron chi connectivity index (χ3n) is 4.21. The van der Waals surface area contributed by atoms with Gasteiger partial charge < -0.3 is 5.32 Å². The summed E-state index contributed by atoms with van der Waals surface area (Å²) in [5.74, 6) is -0.237. The van der Waals surface area contributed by atoms with Crippen LogP contribution < -0.4 is 5.32 Å². The minimum Gasteiger partial charge on any atom is -0.320 e. The molecule has 3 nitrogen and oxygen atoms in total. The van der Waals surface area contributed by atoms with Crippen LogP contribution in [-0.2, 0) is 0 Å². The first kappa shape index (κ1) is 16.5. The molecule has 0 unspecified atom stereocenters. The summed E-state index contributed by atoms with van der Waals surface area (Å²) in [6.07, 6.45) is 1.61. The number of pyridine rings is 1. The zero-order chi connectivity index (χ0) is 17.9. The van der Waals surface area contributed by atoms with E-state index >= 15 is 0 Å². The third kappa shape index (κ3) is 3.24. The Morgan fingerprint density at radius 1 is 0.846 bits per heavy atom. The van der Waals surface area contributed by atoms with Crippen molar-refractivity contribution in [1.82, 2.24) is 4.98 Å². The van der Waals surface area contributed by atoms with Crippen LogP contribution in [0.25, 0.3) is 21.9 Å². The lowest BCUT2D eigenvalue weighted by molar-refractivity contribution is 0.102. The number of amides is 1. The van der Waals surface area contributed by atoms with Crippen molar-refractivity contribution in [3.63, 3.8) is 0 Å². The van der Waals surface area contributed by atoms with Gasteiger partial charge in [0, 0.05) is 21.9 Å². The van der Waals surface area contributed by atoms with Crippen LogP contribution >= 0.6 is 15.9 Å². The number of aromatic nitrogens is 1. The third-order valence-corrected chi connectivity index (χ3v) is 4.70. The first-order valence-corrected chi connectivity index (χ1v) is 9.02. The van der Waals surface area contributed by atoms with Gasteiger partial charge in [-0.05, 0) is 34.5 Å². The Kier molecular flexibility index (Phi) is 4.50. The van der Waals surface area contributed by atoms with Crippen LogP contribution in [0.2, 0.25) is 0 Å². The van der Waals surface area contributed by atoms with Gasteiger partial charge in [0.05, 0.1) is 0 Å². The number of hydrogen-bond donors (Lipinski definition) is 1. The molecule has 26 heavy (non-hydrogen) atoms. The van der Waals surface area contributed by atoms with E-state index in [1.54, 1.807) is 18.3 Å². The van der Waals surface area contributed by atoms with Crippen LogP contribution in [0.5, 0.6) is 0 Å². The van der Waals surface area contributed by atoms with Crippen molar-refractivity contribution in [2.24, 2.45) is 0 Å². The van der Waals surface area contributed by atoms with Crippen LogP contribution in [0.3, 0.4) is 0 Å². The fraction of sp³-hybridized carbons (Fsp3) is 0. The van der Waals surface area contributed by atoms with Gasteiger partial charge in [-0.1, -0.05) is 76.6 Å². The van der Waals surface area contributed by atoms with Crippen molar-refractivity contribution in [1.29, 1.82) is 0 Å². The molecule has 0 aliphatic heterocycles. The number of carbonyl (C=O) groups is 1. The molecule has 1 heterocycles. The van der Waals surface area contributed by atoms with E-state index in [0.29, 0.717) is 5.69 Å². The maximum absolute atomic E-state index is 12.6. The minimum absolute atomic E-state index is 0.237. The molecule has 1 amide bonds. The molecule has 0 saturated heterocycles. The predicted molar refractivity (Wildman–Crippen MR) is 109 cm³/mol. The zero-order valence-electron chi connectivity index (χ0n) is 13.8. The quantitative estimate of drug-likeness (QED) is 0.462. The van der Waals surface area contributed by atoms with Gasteiger partial charge in [-0.15, -0.1) is 0 Å². The average molecular weight is 403 g/mol. The molecule has 0 saturated carbocycles. The summed E-state index contributed by atoms with van der Waals surface area (Å²) in [4.78, 5) is 16.8. The highest BCUT2D eigenvalue weighted by atomic mass is 79.9. The fourth-order valence-electron chi connectivity index (χ4n) is 3.00. The summed E-state index contributed by atoms with van der Waals surface area (Å²) in [5.41, 5.74) is 3.19. The van der Waals surface area contributed by atoms with E-state index in [-0.39, 0.29) is 5.91 Å². The predicted octanol–water partition coefficient (Wildman–Crippen LogP) is 5.92. The van der Waals surface area contributed by atoms with Gasteiger partial charge in [0.2, 0.25) is 0 Å². The first-order chi connectivity index (χ1) is 12.7. The summed E-state index contributed by atoms with van der Waals surface area (Å²) >= 11 is 3.37. The highest BCUT2D eigenvalue weighted by Gasteiger charge is 2.13. The van der Waals surface area contributed by atoms with Gasteiger partial charge in [-0.2, -0.15) is 0 Å². The molecular weight excluding hydrogens is 388 g/mol. The van der Waals surface area contributed by atoms with Crippen molar-refractivity contribution >= 4 is 38.3 Å². The number of rotatable bonds is 3. The van der Waals surface area contributed by atoms with E-state index in [2.05, 4.69) is 50.5 Å². The second-order valence-corrected chi connectivity index (χ2v) is 6.80. The summed E-state index contributed by atoms with van der Waals surface area (Å²) in [7, 11) is 0. The van der Waals surface area contributed by atoms with Crippen LogP contribution in [0, 0.1) is 0 Å². The molecule has 1 aromatic heterocycles. The maximum atomic E-state index is 12.6. The number of halogens is 1. The molecule has 126 valence electrons. The zero-order valence-corrected chi connectivity index (χ0v) is 15.4. The van der Waals surface area contributed by atoms with E-state index < -0.39 is 0 Å². The van der Waals surface area contributed by atoms with Crippen LogP contribution in [0.15, 0.2) is 89.5 Å². The molecule has 4 rings (SSSR count). The first-order valence-electron chi connectivity index (χ1n) is 8.22. The molecule has 0 aliphatic carbocycles. The van der Waals surface area contributed by atoms with Crippen LogP contribution in [0.4, 0.5) is 5.69 Å². The second kappa shape index (κ2) is 7.10. The largest absolute Gasteiger partial charge is 0.320 e. The summed E-state index contributed by atoms with van der Waals surface area (Å²) in [6.45, 7) is 0. The topological polar surface area (TPSA) is 42.0 Å². The fourth-order valence-corrected chi connectivity index (χ4v) is 3.34. The Morgan fingerprint density at radius 3 is 2.46 bits per heavy atom. The second-order valence-electron chi connectivity index (χ2n) is 5.89. The number of anilines is 1. The SMILES string of the molecule is O=C(Nc1ccccc1-c1cccc2ccccc12)c1cc(Br)ccn1. The lowest BCUT2D eigenvalue weighted by Gasteiger charge is -2.13.